The van der Waals surface area contributed by atoms with Gasteiger partial charge in [-0.2, -0.15) is 0 Å². The number of carbonyl (C=O) groups excluding carboxylic acids is 2. The van der Waals surface area contributed by atoms with E-state index in [2.05, 4.69) is 27.8 Å². The van der Waals surface area contributed by atoms with Gasteiger partial charge in [-0.25, -0.2) is 4.39 Å². The number of carbonyl (C=O) groups is 2. The molecule has 1 heterocycles. The summed E-state index contributed by atoms with van der Waals surface area (Å²) in [5.74, 6) is 0.718. The van der Waals surface area contributed by atoms with Gasteiger partial charge in [0.15, 0.2) is 11.0 Å². The molecule has 3 rings (SSSR count). The number of amides is 2. The van der Waals surface area contributed by atoms with Gasteiger partial charge < -0.3 is 15.2 Å². The molecule has 1 aromatic heterocycles. The van der Waals surface area contributed by atoms with Gasteiger partial charge in [0.1, 0.15) is 5.82 Å². The summed E-state index contributed by atoms with van der Waals surface area (Å²) in [6.07, 6.45) is 4.61. The van der Waals surface area contributed by atoms with Crippen molar-refractivity contribution in [3.63, 3.8) is 0 Å². The van der Waals surface area contributed by atoms with E-state index in [0.717, 1.165) is 12.8 Å². The fourth-order valence-corrected chi connectivity index (χ4v) is 4.48. The van der Waals surface area contributed by atoms with Crippen LogP contribution in [0.4, 0.5) is 4.39 Å². The normalized spacial score (nSPS) is 18.8. The molecule has 9 heteroatoms. The number of aromatic nitrogens is 3. The van der Waals surface area contributed by atoms with Crippen molar-refractivity contribution in [3.05, 3.63) is 41.5 Å². The lowest BCUT2D eigenvalue weighted by atomic mass is 9.86. The predicted molar refractivity (Wildman–Crippen MR) is 114 cm³/mol. The van der Waals surface area contributed by atoms with Crippen molar-refractivity contribution >= 4 is 23.6 Å². The van der Waals surface area contributed by atoms with Gasteiger partial charge in [0, 0.05) is 18.2 Å². The van der Waals surface area contributed by atoms with E-state index in [1.807, 2.05) is 11.5 Å². The number of hydrogen-bond donors (Lipinski definition) is 2. The highest BCUT2D eigenvalue weighted by Gasteiger charge is 2.23. The molecule has 1 aliphatic rings. The van der Waals surface area contributed by atoms with Crippen LogP contribution in [0.1, 0.15) is 55.7 Å². The zero-order chi connectivity index (χ0) is 21.5. The van der Waals surface area contributed by atoms with E-state index >= 15 is 0 Å². The van der Waals surface area contributed by atoms with Crippen LogP contribution in [0.2, 0.25) is 0 Å². The van der Waals surface area contributed by atoms with Crippen LogP contribution in [-0.2, 0) is 17.9 Å². The predicted octanol–water partition coefficient (Wildman–Crippen LogP) is 3.15. The largest absolute Gasteiger partial charge is 0.352 e. The van der Waals surface area contributed by atoms with Gasteiger partial charge in [-0.1, -0.05) is 31.5 Å². The van der Waals surface area contributed by atoms with Crippen LogP contribution in [0.25, 0.3) is 0 Å². The highest BCUT2D eigenvalue weighted by Crippen LogP contribution is 2.24. The molecule has 2 atom stereocenters. The van der Waals surface area contributed by atoms with E-state index in [-0.39, 0.29) is 36.0 Å². The van der Waals surface area contributed by atoms with Crippen molar-refractivity contribution in [3.8, 4) is 0 Å². The number of nitrogens with zero attached hydrogens (tertiary/aromatic N) is 3. The van der Waals surface area contributed by atoms with Crippen LogP contribution in [-0.4, -0.2) is 38.4 Å². The Morgan fingerprint density at radius 3 is 2.63 bits per heavy atom. The second-order valence-corrected chi connectivity index (χ2v) is 8.50. The maximum Gasteiger partial charge on any atom is 0.251 e. The summed E-state index contributed by atoms with van der Waals surface area (Å²) in [5, 5.41) is 14.9. The molecular weight excluding hydrogens is 405 g/mol. The molecular formula is C21H28FN5O2S. The average molecular weight is 434 g/mol. The van der Waals surface area contributed by atoms with E-state index in [9.17, 15) is 14.0 Å². The van der Waals surface area contributed by atoms with Crippen LogP contribution in [0.15, 0.2) is 29.4 Å². The third-order valence-electron chi connectivity index (χ3n) is 5.41. The fourth-order valence-electron chi connectivity index (χ4n) is 3.65. The second-order valence-electron chi connectivity index (χ2n) is 7.56. The fraction of sp³-hybridized carbons (Fsp3) is 0.524. The smallest absolute Gasteiger partial charge is 0.251 e. The van der Waals surface area contributed by atoms with Crippen LogP contribution < -0.4 is 10.6 Å². The van der Waals surface area contributed by atoms with Crippen molar-refractivity contribution < 1.29 is 14.0 Å². The molecule has 1 fully saturated rings. The highest BCUT2D eigenvalue weighted by molar-refractivity contribution is 7.99. The number of rotatable bonds is 8. The number of halogens is 1. The zero-order valence-corrected chi connectivity index (χ0v) is 18.2. The summed E-state index contributed by atoms with van der Waals surface area (Å²) in [6.45, 7) is 4.97. The first kappa shape index (κ1) is 22.3. The molecule has 0 bridgehead atoms. The summed E-state index contributed by atoms with van der Waals surface area (Å²) < 4.78 is 14.9. The molecule has 2 N–H and O–H groups in total. The monoisotopic (exact) mass is 433 g/mol. The molecule has 7 nitrogen and oxygen atoms in total. The first-order valence-electron chi connectivity index (χ1n) is 10.4. The third kappa shape index (κ3) is 5.81. The van der Waals surface area contributed by atoms with Crippen molar-refractivity contribution in [2.45, 2.75) is 63.8 Å². The minimum absolute atomic E-state index is 0.00978. The Kier molecular flexibility index (Phi) is 7.84. The van der Waals surface area contributed by atoms with E-state index < -0.39 is 0 Å². The number of thioether (sulfide) groups is 1. The number of hydrogen-bond acceptors (Lipinski definition) is 5. The standard InChI is InChI=1S/C21H28FN5O2S/c1-3-27-18(12-23-20(29)15-8-10-16(22)11-9-15)25-26-21(27)30-13-19(28)24-17-7-5-4-6-14(17)2/h8-11,14,17H,3-7,12-13H2,1-2H3,(H,23,29)(H,24,28)/t14-,17+/m1/s1. The van der Waals surface area contributed by atoms with Crippen LogP contribution >= 0.6 is 11.8 Å². The summed E-state index contributed by atoms with van der Waals surface area (Å²) in [6, 6.07) is 5.62. The lowest BCUT2D eigenvalue weighted by Gasteiger charge is -2.29. The molecule has 1 aromatic carbocycles. The Morgan fingerprint density at radius 1 is 1.20 bits per heavy atom. The molecule has 0 aliphatic heterocycles. The van der Waals surface area contributed by atoms with Crippen LogP contribution in [0.3, 0.4) is 0 Å². The first-order valence-corrected chi connectivity index (χ1v) is 11.3. The first-order chi connectivity index (χ1) is 14.5. The van der Waals surface area contributed by atoms with E-state index in [0.29, 0.717) is 29.0 Å². The molecule has 0 saturated heterocycles. The Morgan fingerprint density at radius 2 is 1.93 bits per heavy atom. The molecule has 2 amide bonds. The van der Waals surface area contributed by atoms with Crippen LogP contribution in [0.5, 0.6) is 0 Å². The van der Waals surface area contributed by atoms with Crippen LogP contribution in [0, 0.1) is 11.7 Å². The molecule has 0 radical (unpaired) electrons. The topological polar surface area (TPSA) is 88.9 Å². The lowest BCUT2D eigenvalue weighted by Crippen LogP contribution is -2.41. The van der Waals surface area contributed by atoms with Gasteiger partial charge in [0.05, 0.1) is 12.3 Å². The Labute approximate surface area is 180 Å². The minimum Gasteiger partial charge on any atom is -0.352 e. The second kappa shape index (κ2) is 10.6. The van der Waals surface area contributed by atoms with Gasteiger partial charge >= 0.3 is 0 Å². The minimum atomic E-state index is -0.388. The van der Waals surface area contributed by atoms with Gasteiger partial charge in [-0.3, -0.25) is 9.59 Å². The maximum atomic E-state index is 13.0. The summed E-state index contributed by atoms with van der Waals surface area (Å²) in [7, 11) is 0. The van der Waals surface area contributed by atoms with Gasteiger partial charge in [-0.05, 0) is 49.9 Å². The van der Waals surface area contributed by atoms with E-state index in [1.54, 1.807) is 0 Å². The van der Waals surface area contributed by atoms with Crippen molar-refractivity contribution in [1.82, 2.24) is 25.4 Å². The molecule has 1 saturated carbocycles. The molecule has 30 heavy (non-hydrogen) atoms. The van der Waals surface area contributed by atoms with Crippen molar-refractivity contribution in [2.24, 2.45) is 5.92 Å². The third-order valence-corrected chi connectivity index (χ3v) is 6.38. The van der Waals surface area contributed by atoms with Gasteiger partial charge in [0.25, 0.3) is 5.91 Å². The summed E-state index contributed by atoms with van der Waals surface area (Å²) >= 11 is 1.35. The Hall–Kier alpha value is -2.42. The summed E-state index contributed by atoms with van der Waals surface area (Å²) in [4.78, 5) is 24.6. The van der Waals surface area contributed by atoms with Gasteiger partial charge in [-0.15, -0.1) is 10.2 Å². The Bertz CT molecular complexity index is 871. The highest BCUT2D eigenvalue weighted by atomic mass is 32.2. The molecule has 162 valence electrons. The average Bonchev–Trinajstić information content (AvgIpc) is 3.14. The quantitative estimate of drug-likeness (QED) is 0.625. The van der Waals surface area contributed by atoms with Gasteiger partial charge in [0.2, 0.25) is 5.91 Å². The van der Waals surface area contributed by atoms with Crippen molar-refractivity contribution in [2.75, 3.05) is 5.75 Å². The lowest BCUT2D eigenvalue weighted by molar-refractivity contribution is -0.119. The SMILES string of the molecule is CCn1c(CNC(=O)c2ccc(F)cc2)nnc1SCC(=O)N[C@H]1CCCC[C@H]1C. The van der Waals surface area contributed by atoms with E-state index in [4.69, 9.17) is 0 Å². The number of nitrogens with one attached hydrogen (secondary N) is 2. The Balaban J connectivity index is 1.52. The zero-order valence-electron chi connectivity index (χ0n) is 17.4. The molecule has 0 spiro atoms. The molecule has 2 aromatic rings. The van der Waals surface area contributed by atoms with Crippen molar-refractivity contribution in [1.29, 1.82) is 0 Å². The maximum absolute atomic E-state index is 13.0. The number of benzene rings is 1. The summed E-state index contributed by atoms with van der Waals surface area (Å²) in [5.41, 5.74) is 0.377. The molecule has 0 unspecified atom stereocenters. The van der Waals surface area contributed by atoms with E-state index in [1.165, 1.54) is 48.9 Å². The molecule has 1 aliphatic carbocycles.